The summed E-state index contributed by atoms with van der Waals surface area (Å²) in [6.45, 7) is 1.96. The summed E-state index contributed by atoms with van der Waals surface area (Å²) in [7, 11) is 0. The van der Waals surface area contributed by atoms with Crippen LogP contribution >= 0.6 is 15.9 Å². The molecule has 0 saturated carbocycles. The normalized spacial score (nSPS) is 21.2. The maximum absolute atomic E-state index is 12.5. The Labute approximate surface area is 96.0 Å². The number of benzene rings is 1. The Morgan fingerprint density at radius 3 is 2.73 bits per heavy atom. The van der Waals surface area contributed by atoms with E-state index in [4.69, 9.17) is 0 Å². The Hall–Kier alpha value is -0.480. The summed E-state index contributed by atoms with van der Waals surface area (Å²) in [5.41, 5.74) is 1.21. The molecule has 82 valence electrons. The van der Waals surface area contributed by atoms with Crippen molar-refractivity contribution in [2.45, 2.75) is 18.8 Å². The van der Waals surface area contributed by atoms with Gasteiger partial charge < -0.3 is 5.32 Å². The molecular weight excluding hydrogens is 264 g/mol. The lowest BCUT2D eigenvalue weighted by Gasteiger charge is -2.11. The smallest absolute Gasteiger partial charge is 0.264 e. The van der Waals surface area contributed by atoms with Crippen LogP contribution in [-0.2, 0) is 0 Å². The zero-order chi connectivity index (χ0) is 10.8. The van der Waals surface area contributed by atoms with Crippen LogP contribution in [0.5, 0.6) is 0 Å². The van der Waals surface area contributed by atoms with Crippen molar-refractivity contribution in [2.24, 2.45) is 0 Å². The van der Waals surface area contributed by atoms with Gasteiger partial charge in [-0.05, 0) is 30.5 Å². The zero-order valence-corrected chi connectivity index (χ0v) is 9.73. The van der Waals surface area contributed by atoms with E-state index in [-0.39, 0.29) is 5.56 Å². The van der Waals surface area contributed by atoms with Gasteiger partial charge in [0.05, 0.1) is 0 Å². The third-order valence-corrected chi connectivity index (χ3v) is 3.48. The van der Waals surface area contributed by atoms with Gasteiger partial charge in [-0.2, -0.15) is 0 Å². The summed E-state index contributed by atoms with van der Waals surface area (Å²) in [5, 5.41) is 3.26. The second kappa shape index (κ2) is 4.58. The number of nitrogens with one attached hydrogen (secondary N) is 1. The van der Waals surface area contributed by atoms with Crippen molar-refractivity contribution in [1.82, 2.24) is 5.32 Å². The van der Waals surface area contributed by atoms with Crippen LogP contribution in [-0.4, -0.2) is 13.1 Å². The highest BCUT2D eigenvalue weighted by Gasteiger charge is 2.18. The van der Waals surface area contributed by atoms with Crippen LogP contribution in [0.4, 0.5) is 8.78 Å². The molecule has 1 unspecified atom stereocenters. The van der Waals surface area contributed by atoms with Crippen molar-refractivity contribution in [1.29, 1.82) is 0 Å². The Morgan fingerprint density at radius 2 is 2.20 bits per heavy atom. The highest BCUT2D eigenvalue weighted by Crippen LogP contribution is 2.31. The van der Waals surface area contributed by atoms with Gasteiger partial charge in [-0.3, -0.25) is 0 Å². The number of halogens is 3. The molecule has 1 aliphatic rings. The number of hydrogen-bond acceptors (Lipinski definition) is 1. The first-order valence-corrected chi connectivity index (χ1v) is 5.76. The van der Waals surface area contributed by atoms with Gasteiger partial charge in [0.1, 0.15) is 0 Å². The molecule has 0 amide bonds. The van der Waals surface area contributed by atoms with Gasteiger partial charge in [-0.1, -0.05) is 28.1 Å². The van der Waals surface area contributed by atoms with Gasteiger partial charge in [0.25, 0.3) is 6.43 Å². The molecule has 2 rings (SSSR count). The first-order valence-electron chi connectivity index (χ1n) is 4.96. The van der Waals surface area contributed by atoms with E-state index in [1.165, 1.54) is 6.07 Å². The molecule has 1 N–H and O–H groups in total. The average Bonchev–Trinajstić information content (AvgIpc) is 2.69. The minimum Gasteiger partial charge on any atom is -0.316 e. The maximum atomic E-state index is 12.5. The largest absolute Gasteiger partial charge is 0.316 e. The Morgan fingerprint density at radius 1 is 1.40 bits per heavy atom. The molecular formula is C11H12BrF2N. The van der Waals surface area contributed by atoms with Crippen LogP contribution in [0.1, 0.15) is 29.9 Å². The molecule has 1 atom stereocenters. The van der Waals surface area contributed by atoms with Gasteiger partial charge in [-0.15, -0.1) is 0 Å². The Bertz CT molecular complexity index is 348. The predicted octanol–water partition coefficient (Wildman–Crippen LogP) is 3.46. The lowest BCUT2D eigenvalue weighted by Crippen LogP contribution is -2.08. The summed E-state index contributed by atoms with van der Waals surface area (Å²) in [4.78, 5) is 0. The van der Waals surface area contributed by atoms with Crippen LogP contribution in [0, 0.1) is 0 Å². The standard InChI is InChI=1S/C11H12BrF2N/c12-10-5-7(8-3-4-15-6-8)1-2-9(10)11(13)14/h1-2,5,8,11,15H,3-4,6H2. The summed E-state index contributed by atoms with van der Waals surface area (Å²) >= 11 is 3.19. The van der Waals surface area contributed by atoms with Crippen LogP contribution in [0.15, 0.2) is 22.7 Å². The average molecular weight is 276 g/mol. The molecule has 0 radical (unpaired) electrons. The van der Waals surface area contributed by atoms with Crippen molar-refractivity contribution in [3.8, 4) is 0 Å². The van der Waals surface area contributed by atoms with Crippen LogP contribution in [0.3, 0.4) is 0 Å². The van der Waals surface area contributed by atoms with Crippen molar-refractivity contribution in [3.63, 3.8) is 0 Å². The molecule has 1 heterocycles. The van der Waals surface area contributed by atoms with Crippen LogP contribution < -0.4 is 5.32 Å². The number of alkyl halides is 2. The third kappa shape index (κ3) is 2.37. The quantitative estimate of drug-likeness (QED) is 0.872. The summed E-state index contributed by atoms with van der Waals surface area (Å²) < 4.78 is 25.5. The highest BCUT2D eigenvalue weighted by atomic mass is 79.9. The van der Waals surface area contributed by atoms with E-state index in [9.17, 15) is 8.78 Å². The van der Waals surface area contributed by atoms with E-state index < -0.39 is 6.43 Å². The fraction of sp³-hybridized carbons (Fsp3) is 0.455. The second-order valence-electron chi connectivity index (χ2n) is 3.77. The molecule has 0 aromatic heterocycles. The van der Waals surface area contributed by atoms with E-state index in [2.05, 4.69) is 21.2 Å². The summed E-state index contributed by atoms with van der Waals surface area (Å²) in [5.74, 6) is 0.466. The van der Waals surface area contributed by atoms with E-state index in [1.807, 2.05) is 12.1 Å². The van der Waals surface area contributed by atoms with E-state index in [0.29, 0.717) is 10.4 Å². The molecule has 1 saturated heterocycles. The van der Waals surface area contributed by atoms with Gasteiger partial charge in [-0.25, -0.2) is 8.78 Å². The highest BCUT2D eigenvalue weighted by molar-refractivity contribution is 9.10. The summed E-state index contributed by atoms with van der Waals surface area (Å²) in [6, 6.07) is 5.14. The molecule has 4 heteroatoms. The first kappa shape index (κ1) is 11.0. The molecule has 1 aromatic rings. The van der Waals surface area contributed by atoms with Gasteiger partial charge >= 0.3 is 0 Å². The number of hydrogen-bond donors (Lipinski definition) is 1. The van der Waals surface area contributed by atoms with Crippen LogP contribution in [0.2, 0.25) is 0 Å². The lowest BCUT2D eigenvalue weighted by atomic mass is 9.97. The van der Waals surface area contributed by atoms with Crippen molar-refractivity contribution >= 4 is 15.9 Å². The lowest BCUT2D eigenvalue weighted by molar-refractivity contribution is 0.150. The molecule has 0 bridgehead atoms. The molecule has 1 aromatic carbocycles. The third-order valence-electron chi connectivity index (χ3n) is 2.79. The minimum atomic E-state index is -2.41. The van der Waals surface area contributed by atoms with Crippen LogP contribution in [0.25, 0.3) is 0 Å². The van der Waals surface area contributed by atoms with E-state index in [0.717, 1.165) is 25.1 Å². The first-order chi connectivity index (χ1) is 7.18. The molecule has 1 aliphatic heterocycles. The molecule has 1 nitrogen and oxygen atoms in total. The summed E-state index contributed by atoms with van der Waals surface area (Å²) in [6.07, 6.45) is -1.32. The van der Waals surface area contributed by atoms with Crippen molar-refractivity contribution in [2.75, 3.05) is 13.1 Å². The predicted molar refractivity (Wildman–Crippen MR) is 59.3 cm³/mol. The molecule has 1 fully saturated rings. The van der Waals surface area contributed by atoms with E-state index in [1.54, 1.807) is 0 Å². The SMILES string of the molecule is FC(F)c1ccc(C2CCNC2)cc1Br. The maximum Gasteiger partial charge on any atom is 0.264 e. The zero-order valence-electron chi connectivity index (χ0n) is 8.14. The topological polar surface area (TPSA) is 12.0 Å². The molecule has 0 spiro atoms. The monoisotopic (exact) mass is 275 g/mol. The molecule has 15 heavy (non-hydrogen) atoms. The van der Waals surface area contributed by atoms with Crippen molar-refractivity contribution in [3.05, 3.63) is 33.8 Å². The van der Waals surface area contributed by atoms with Gasteiger partial charge in [0.2, 0.25) is 0 Å². The fourth-order valence-corrected chi connectivity index (χ4v) is 2.48. The molecule has 0 aliphatic carbocycles. The van der Waals surface area contributed by atoms with E-state index >= 15 is 0 Å². The van der Waals surface area contributed by atoms with Gasteiger partial charge in [0.15, 0.2) is 0 Å². The Kier molecular flexibility index (Phi) is 3.36. The minimum absolute atomic E-state index is 0.0738. The fourth-order valence-electron chi connectivity index (χ4n) is 1.91. The second-order valence-corrected chi connectivity index (χ2v) is 4.63. The van der Waals surface area contributed by atoms with Crippen molar-refractivity contribution < 1.29 is 8.78 Å². The number of rotatable bonds is 2. The Balaban J connectivity index is 2.24. The van der Waals surface area contributed by atoms with Gasteiger partial charge in [0, 0.05) is 16.6 Å².